The highest BCUT2D eigenvalue weighted by Crippen LogP contribution is 2.26. The molecule has 104 valence electrons. The Balaban J connectivity index is 1.99. The molecule has 0 saturated carbocycles. The van der Waals surface area contributed by atoms with Gasteiger partial charge in [-0.15, -0.1) is 10.2 Å². The van der Waals surface area contributed by atoms with E-state index in [9.17, 15) is 0 Å². The van der Waals surface area contributed by atoms with Crippen molar-refractivity contribution < 1.29 is 4.74 Å². The van der Waals surface area contributed by atoms with Crippen molar-refractivity contribution in [3.05, 3.63) is 35.7 Å². The van der Waals surface area contributed by atoms with Crippen molar-refractivity contribution in [3.63, 3.8) is 0 Å². The number of ether oxygens (including phenoxy) is 1. The van der Waals surface area contributed by atoms with Crippen molar-refractivity contribution >= 4 is 16.3 Å². The van der Waals surface area contributed by atoms with Crippen molar-refractivity contribution in [2.75, 3.05) is 13.7 Å². The third kappa shape index (κ3) is 2.43. The van der Waals surface area contributed by atoms with Crippen LogP contribution in [0.15, 0.2) is 24.3 Å². The van der Waals surface area contributed by atoms with E-state index in [1.807, 2.05) is 12.1 Å². The molecule has 0 unspecified atom stereocenters. The Bertz CT molecular complexity index is 720. The lowest BCUT2D eigenvalue weighted by atomic mass is 10.1. The Labute approximate surface area is 120 Å². The fourth-order valence-electron chi connectivity index (χ4n) is 2.02. The molecule has 0 aliphatic rings. The number of hydrogen-bond acceptors (Lipinski definition) is 6. The number of rotatable bonds is 5. The number of fused-ring (bicyclic) bond motifs is 1. The van der Waals surface area contributed by atoms with Crippen molar-refractivity contribution in [3.8, 4) is 10.6 Å². The molecule has 6 nitrogen and oxygen atoms in total. The van der Waals surface area contributed by atoms with Crippen molar-refractivity contribution in [2.24, 2.45) is 5.73 Å². The maximum Gasteiger partial charge on any atom is 0.235 e. The molecule has 0 spiro atoms. The third-order valence-electron chi connectivity index (χ3n) is 2.94. The Kier molecular flexibility index (Phi) is 3.72. The first-order valence-electron chi connectivity index (χ1n) is 6.31. The van der Waals surface area contributed by atoms with Crippen molar-refractivity contribution in [1.82, 2.24) is 19.8 Å². The van der Waals surface area contributed by atoms with Gasteiger partial charge in [0.05, 0.1) is 0 Å². The minimum Gasteiger partial charge on any atom is -0.377 e. The summed E-state index contributed by atoms with van der Waals surface area (Å²) in [4.78, 5) is 0.774. The maximum atomic E-state index is 5.60. The molecule has 0 bridgehead atoms. The van der Waals surface area contributed by atoms with Crippen LogP contribution >= 0.6 is 11.3 Å². The van der Waals surface area contributed by atoms with E-state index >= 15 is 0 Å². The van der Waals surface area contributed by atoms with Crippen molar-refractivity contribution in [2.45, 2.75) is 13.0 Å². The largest absolute Gasteiger partial charge is 0.377 e. The molecule has 3 rings (SSSR count). The van der Waals surface area contributed by atoms with Crippen LogP contribution in [0.25, 0.3) is 15.5 Å². The third-order valence-corrected chi connectivity index (χ3v) is 3.88. The highest BCUT2D eigenvalue weighted by Gasteiger charge is 2.12. The van der Waals surface area contributed by atoms with Gasteiger partial charge in [-0.2, -0.15) is 9.61 Å². The van der Waals surface area contributed by atoms with Gasteiger partial charge in [-0.3, -0.25) is 0 Å². The lowest BCUT2D eigenvalue weighted by molar-refractivity contribution is 0.176. The first-order chi connectivity index (χ1) is 9.81. The molecule has 7 heteroatoms. The summed E-state index contributed by atoms with van der Waals surface area (Å²) in [6.45, 7) is 1.05. The van der Waals surface area contributed by atoms with Gasteiger partial charge in [-0.1, -0.05) is 29.5 Å². The van der Waals surface area contributed by atoms with E-state index < -0.39 is 0 Å². The van der Waals surface area contributed by atoms with E-state index in [-0.39, 0.29) is 0 Å². The van der Waals surface area contributed by atoms with Crippen LogP contribution in [0.3, 0.4) is 0 Å². The average molecular weight is 289 g/mol. The van der Waals surface area contributed by atoms with Crippen LogP contribution in [0, 0.1) is 0 Å². The molecule has 3 aromatic rings. The van der Waals surface area contributed by atoms with Gasteiger partial charge in [0.15, 0.2) is 5.82 Å². The zero-order valence-corrected chi connectivity index (χ0v) is 11.9. The van der Waals surface area contributed by atoms with Crippen LogP contribution in [0.5, 0.6) is 0 Å². The van der Waals surface area contributed by atoms with Crippen LogP contribution in [0.4, 0.5) is 0 Å². The number of aromatic nitrogens is 4. The van der Waals surface area contributed by atoms with E-state index in [0.717, 1.165) is 22.0 Å². The van der Waals surface area contributed by atoms with Gasteiger partial charge in [0.25, 0.3) is 0 Å². The summed E-state index contributed by atoms with van der Waals surface area (Å²) in [6.07, 6.45) is 0.868. The molecule has 2 aromatic heterocycles. The van der Waals surface area contributed by atoms with E-state index in [1.165, 1.54) is 16.9 Å². The van der Waals surface area contributed by atoms with Crippen LogP contribution in [-0.2, 0) is 17.8 Å². The monoisotopic (exact) mass is 289 g/mol. The molecule has 0 aliphatic heterocycles. The van der Waals surface area contributed by atoms with E-state index in [0.29, 0.717) is 19.0 Å². The zero-order chi connectivity index (χ0) is 13.9. The summed E-state index contributed by atoms with van der Waals surface area (Å²) in [5.41, 5.74) is 7.89. The number of nitrogens with two attached hydrogens (primary N) is 1. The number of hydrogen-bond donors (Lipinski definition) is 1. The predicted octanol–water partition coefficient (Wildman–Crippen LogP) is 1.50. The highest BCUT2D eigenvalue weighted by molar-refractivity contribution is 7.19. The van der Waals surface area contributed by atoms with Gasteiger partial charge in [0, 0.05) is 12.7 Å². The molecule has 0 saturated heterocycles. The van der Waals surface area contributed by atoms with Crippen molar-refractivity contribution in [1.29, 1.82) is 0 Å². The van der Waals surface area contributed by atoms with Crippen LogP contribution < -0.4 is 5.73 Å². The zero-order valence-electron chi connectivity index (χ0n) is 11.1. The van der Waals surface area contributed by atoms with Crippen LogP contribution in [0.1, 0.15) is 11.4 Å². The Hall–Kier alpha value is -1.83. The normalized spacial score (nSPS) is 11.3. The molecule has 0 fully saturated rings. The summed E-state index contributed by atoms with van der Waals surface area (Å²) in [7, 11) is 1.63. The topological polar surface area (TPSA) is 78.3 Å². The summed E-state index contributed by atoms with van der Waals surface area (Å²) < 4.78 is 6.82. The lowest BCUT2D eigenvalue weighted by Crippen LogP contribution is -2.02. The van der Waals surface area contributed by atoms with Gasteiger partial charge < -0.3 is 10.5 Å². The number of nitrogens with zero attached hydrogens (tertiary/aromatic N) is 4. The van der Waals surface area contributed by atoms with Gasteiger partial charge in [0.1, 0.15) is 11.6 Å². The first-order valence-corrected chi connectivity index (χ1v) is 7.13. The van der Waals surface area contributed by atoms with E-state index in [4.69, 9.17) is 10.5 Å². The summed E-state index contributed by atoms with van der Waals surface area (Å²) >= 11 is 1.52. The van der Waals surface area contributed by atoms with E-state index in [1.54, 1.807) is 11.6 Å². The summed E-state index contributed by atoms with van der Waals surface area (Å²) in [6, 6.07) is 8.27. The summed E-state index contributed by atoms with van der Waals surface area (Å²) in [5, 5.41) is 13.6. The molecule has 0 aliphatic carbocycles. The highest BCUT2D eigenvalue weighted by atomic mass is 32.1. The molecule has 1 aromatic carbocycles. The predicted molar refractivity (Wildman–Crippen MR) is 77.6 cm³/mol. The first kappa shape index (κ1) is 13.2. The molecule has 0 atom stereocenters. The SMILES string of the molecule is COCc1nnc2sc(-c3cccc(CCN)c3)nn12. The van der Waals surface area contributed by atoms with Gasteiger partial charge in [0.2, 0.25) is 4.96 Å². The Morgan fingerprint density at radius 3 is 3.05 bits per heavy atom. The Morgan fingerprint density at radius 2 is 2.25 bits per heavy atom. The molecular formula is C13H15N5OS. The van der Waals surface area contributed by atoms with E-state index in [2.05, 4.69) is 27.4 Å². The second kappa shape index (κ2) is 5.66. The maximum absolute atomic E-state index is 5.60. The lowest BCUT2D eigenvalue weighted by Gasteiger charge is -2.01. The molecular weight excluding hydrogens is 274 g/mol. The fourth-order valence-corrected chi connectivity index (χ4v) is 2.87. The standard InChI is InChI=1S/C13H15N5OS/c1-19-8-11-15-16-13-18(11)17-12(20-13)10-4-2-3-9(7-10)5-6-14/h2-4,7H,5-6,8,14H2,1H3. The quantitative estimate of drug-likeness (QED) is 0.770. The molecule has 20 heavy (non-hydrogen) atoms. The minimum absolute atomic E-state index is 0.400. The van der Waals surface area contributed by atoms with Gasteiger partial charge >= 0.3 is 0 Å². The molecule has 0 amide bonds. The van der Waals surface area contributed by atoms with Gasteiger partial charge in [-0.25, -0.2) is 0 Å². The summed E-state index contributed by atoms with van der Waals surface area (Å²) in [5.74, 6) is 0.711. The van der Waals surface area contributed by atoms with Crippen LogP contribution in [0.2, 0.25) is 0 Å². The second-order valence-electron chi connectivity index (χ2n) is 4.39. The van der Waals surface area contributed by atoms with Gasteiger partial charge in [-0.05, 0) is 24.6 Å². The number of benzene rings is 1. The molecule has 2 N–H and O–H groups in total. The minimum atomic E-state index is 0.400. The molecule has 2 heterocycles. The smallest absolute Gasteiger partial charge is 0.235 e. The number of methoxy groups -OCH3 is 1. The molecule has 0 radical (unpaired) electrons. The van der Waals surface area contributed by atoms with Crippen LogP contribution in [-0.4, -0.2) is 33.5 Å². The fraction of sp³-hybridized carbons (Fsp3) is 0.308. The Morgan fingerprint density at radius 1 is 1.35 bits per heavy atom. The second-order valence-corrected chi connectivity index (χ2v) is 5.35. The average Bonchev–Trinajstić information content (AvgIpc) is 3.02.